The van der Waals surface area contributed by atoms with E-state index in [4.69, 9.17) is 5.11 Å². The number of carbonyl (C=O) groups is 1. The molecule has 4 heteroatoms. The first-order valence-electron chi connectivity index (χ1n) is 4.86. The lowest BCUT2D eigenvalue weighted by Gasteiger charge is -2.16. The van der Waals surface area contributed by atoms with Crippen LogP contribution in [0.1, 0.15) is 6.42 Å². The third-order valence-corrected chi connectivity index (χ3v) is 3.50. The Kier molecular flexibility index (Phi) is 2.95. The van der Waals surface area contributed by atoms with Crippen molar-refractivity contribution in [1.29, 1.82) is 0 Å². The van der Waals surface area contributed by atoms with E-state index >= 15 is 0 Å². The van der Waals surface area contributed by atoms with Crippen molar-refractivity contribution in [1.82, 2.24) is 0 Å². The van der Waals surface area contributed by atoms with Crippen molar-refractivity contribution in [2.45, 2.75) is 6.42 Å². The Bertz CT molecular complexity index is 363. The minimum atomic E-state index is 0.158. The van der Waals surface area contributed by atoms with Gasteiger partial charge in [-0.05, 0) is 30.2 Å². The molecule has 0 saturated carbocycles. The average Bonchev–Trinajstić information content (AvgIpc) is 2.61. The fraction of sp³-hybridized carbons (Fsp3) is 0.364. The predicted molar refractivity (Wildman–Crippen MR) is 62.4 cm³/mol. The molecule has 15 heavy (non-hydrogen) atoms. The molecule has 1 fully saturated rings. The number of alkyl halides is 1. The zero-order valence-corrected chi connectivity index (χ0v) is 9.77. The van der Waals surface area contributed by atoms with Crippen molar-refractivity contribution in [3.8, 4) is 5.75 Å². The number of phenols is 1. The molecule has 1 aliphatic heterocycles. The molecule has 3 nitrogen and oxygen atoms in total. The van der Waals surface area contributed by atoms with Crippen LogP contribution in [-0.4, -0.2) is 22.9 Å². The lowest BCUT2D eigenvalue weighted by molar-refractivity contribution is -0.117. The van der Waals surface area contributed by atoms with Crippen LogP contribution in [0.3, 0.4) is 0 Å². The van der Waals surface area contributed by atoms with Crippen molar-refractivity contribution in [2.75, 3.05) is 16.8 Å². The first-order valence-corrected chi connectivity index (χ1v) is 5.98. The summed E-state index contributed by atoms with van der Waals surface area (Å²) < 4.78 is 0. The largest absolute Gasteiger partial charge is 0.508 e. The Hall–Kier alpha value is -1.03. The Morgan fingerprint density at radius 3 is 2.60 bits per heavy atom. The van der Waals surface area contributed by atoms with E-state index in [2.05, 4.69) is 15.9 Å². The first-order chi connectivity index (χ1) is 7.20. The molecular weight excluding hydrogens is 258 g/mol. The van der Waals surface area contributed by atoms with E-state index in [1.807, 2.05) is 0 Å². The third-order valence-electron chi connectivity index (χ3n) is 2.58. The molecule has 0 radical (unpaired) electrons. The lowest BCUT2D eigenvalue weighted by Crippen LogP contribution is -2.24. The number of rotatable bonds is 2. The molecule has 2 rings (SSSR count). The van der Waals surface area contributed by atoms with Gasteiger partial charge in [0.05, 0.1) is 0 Å². The second-order valence-corrected chi connectivity index (χ2v) is 4.39. The number of carbonyl (C=O) groups excluding carboxylic acids is 1. The van der Waals surface area contributed by atoms with Crippen LogP contribution >= 0.6 is 15.9 Å². The fourth-order valence-electron chi connectivity index (χ4n) is 1.77. The molecule has 0 aliphatic carbocycles. The Labute approximate surface area is 96.8 Å². The third kappa shape index (κ3) is 2.15. The average molecular weight is 270 g/mol. The molecule has 1 saturated heterocycles. The van der Waals surface area contributed by atoms with Gasteiger partial charge in [-0.25, -0.2) is 0 Å². The van der Waals surface area contributed by atoms with Gasteiger partial charge in [0.2, 0.25) is 5.91 Å². The monoisotopic (exact) mass is 269 g/mol. The summed E-state index contributed by atoms with van der Waals surface area (Å²) in [7, 11) is 0. The molecule has 1 aromatic rings. The number of amides is 1. The molecule has 0 bridgehead atoms. The smallest absolute Gasteiger partial charge is 0.227 e. The number of phenolic OH excluding ortho intramolecular Hbond substituents is 1. The van der Waals surface area contributed by atoms with Crippen LogP contribution in [0.4, 0.5) is 5.69 Å². The maximum absolute atomic E-state index is 11.7. The Morgan fingerprint density at radius 1 is 1.40 bits per heavy atom. The van der Waals surface area contributed by atoms with Crippen molar-refractivity contribution < 1.29 is 9.90 Å². The fourth-order valence-corrected chi connectivity index (χ4v) is 2.20. The van der Waals surface area contributed by atoms with Gasteiger partial charge in [0.25, 0.3) is 0 Å². The van der Waals surface area contributed by atoms with Crippen LogP contribution < -0.4 is 4.90 Å². The molecule has 1 aromatic carbocycles. The second kappa shape index (κ2) is 4.23. The molecule has 1 atom stereocenters. The number of nitrogens with zero attached hydrogens (tertiary/aromatic N) is 1. The summed E-state index contributed by atoms with van der Waals surface area (Å²) in [5.74, 6) is 0.777. The standard InChI is InChI=1S/C11H12BrNO2/c12-6-8-5-11(15)13(7-8)9-1-3-10(14)4-2-9/h1-4,8,14H,5-7H2. The van der Waals surface area contributed by atoms with E-state index < -0.39 is 0 Å². The number of aromatic hydroxyl groups is 1. The quantitative estimate of drug-likeness (QED) is 0.836. The normalized spacial score (nSPS) is 21.0. The summed E-state index contributed by atoms with van der Waals surface area (Å²) in [6, 6.07) is 6.74. The molecule has 1 amide bonds. The summed E-state index contributed by atoms with van der Waals surface area (Å²) in [4.78, 5) is 13.4. The number of anilines is 1. The van der Waals surface area contributed by atoms with Crippen LogP contribution in [-0.2, 0) is 4.79 Å². The van der Waals surface area contributed by atoms with E-state index in [0.717, 1.165) is 17.6 Å². The highest BCUT2D eigenvalue weighted by molar-refractivity contribution is 9.09. The predicted octanol–water partition coefficient (Wildman–Crippen LogP) is 2.14. The van der Waals surface area contributed by atoms with Crippen molar-refractivity contribution in [2.24, 2.45) is 5.92 Å². The van der Waals surface area contributed by atoms with Gasteiger partial charge in [0.1, 0.15) is 5.75 Å². The minimum absolute atomic E-state index is 0.158. The number of halogens is 1. The zero-order chi connectivity index (χ0) is 10.8. The van der Waals surface area contributed by atoms with E-state index in [0.29, 0.717) is 12.3 Å². The first kappa shape index (κ1) is 10.5. The molecule has 0 spiro atoms. The van der Waals surface area contributed by atoms with Crippen LogP contribution in [0.25, 0.3) is 0 Å². The number of hydrogen-bond donors (Lipinski definition) is 1. The van der Waals surface area contributed by atoms with Crippen LogP contribution in [0, 0.1) is 5.92 Å². The van der Waals surface area contributed by atoms with Crippen molar-refractivity contribution in [3.05, 3.63) is 24.3 Å². The van der Waals surface area contributed by atoms with E-state index in [1.165, 1.54) is 0 Å². The SMILES string of the molecule is O=C1CC(CBr)CN1c1ccc(O)cc1. The molecule has 0 aromatic heterocycles. The maximum Gasteiger partial charge on any atom is 0.227 e. The highest BCUT2D eigenvalue weighted by Crippen LogP contribution is 2.27. The maximum atomic E-state index is 11.7. The van der Waals surface area contributed by atoms with Gasteiger partial charge in [-0.3, -0.25) is 4.79 Å². The molecule has 1 heterocycles. The summed E-state index contributed by atoms with van der Waals surface area (Å²) in [6.07, 6.45) is 0.603. The van der Waals surface area contributed by atoms with Crippen molar-refractivity contribution in [3.63, 3.8) is 0 Å². The number of benzene rings is 1. The molecular formula is C11H12BrNO2. The summed E-state index contributed by atoms with van der Waals surface area (Å²) >= 11 is 3.40. The molecule has 80 valence electrons. The van der Waals surface area contributed by atoms with Gasteiger partial charge in [-0.1, -0.05) is 15.9 Å². The van der Waals surface area contributed by atoms with Crippen molar-refractivity contribution >= 4 is 27.5 Å². The summed E-state index contributed by atoms with van der Waals surface area (Å²) in [5.41, 5.74) is 0.862. The van der Waals surface area contributed by atoms with E-state index in [9.17, 15) is 4.79 Å². The lowest BCUT2D eigenvalue weighted by atomic mass is 10.2. The van der Waals surface area contributed by atoms with Crippen LogP contribution in [0.15, 0.2) is 24.3 Å². The molecule has 1 unspecified atom stereocenters. The van der Waals surface area contributed by atoms with Gasteiger partial charge in [0.15, 0.2) is 0 Å². The topological polar surface area (TPSA) is 40.5 Å². The van der Waals surface area contributed by atoms with Crippen LogP contribution in [0.5, 0.6) is 5.75 Å². The van der Waals surface area contributed by atoms with Gasteiger partial charge in [-0.2, -0.15) is 0 Å². The van der Waals surface area contributed by atoms with Gasteiger partial charge in [0, 0.05) is 24.0 Å². The highest BCUT2D eigenvalue weighted by Gasteiger charge is 2.29. The minimum Gasteiger partial charge on any atom is -0.508 e. The zero-order valence-electron chi connectivity index (χ0n) is 8.19. The highest BCUT2D eigenvalue weighted by atomic mass is 79.9. The second-order valence-electron chi connectivity index (χ2n) is 3.75. The summed E-state index contributed by atoms with van der Waals surface area (Å²) in [5, 5.41) is 10.0. The van der Waals surface area contributed by atoms with Gasteiger partial charge >= 0.3 is 0 Å². The Morgan fingerprint density at radius 2 is 2.07 bits per heavy atom. The van der Waals surface area contributed by atoms with E-state index in [-0.39, 0.29) is 11.7 Å². The Balaban J connectivity index is 2.18. The molecule has 1 aliphatic rings. The number of hydrogen-bond acceptors (Lipinski definition) is 2. The van der Waals surface area contributed by atoms with Gasteiger partial charge < -0.3 is 10.0 Å². The van der Waals surface area contributed by atoms with Crippen LogP contribution in [0.2, 0.25) is 0 Å². The molecule has 1 N–H and O–H groups in total. The van der Waals surface area contributed by atoms with Gasteiger partial charge in [-0.15, -0.1) is 0 Å². The van der Waals surface area contributed by atoms with E-state index in [1.54, 1.807) is 29.2 Å². The summed E-state index contributed by atoms with van der Waals surface area (Å²) in [6.45, 7) is 0.759.